The molecular formula is C11H17N3O2S. The van der Waals surface area contributed by atoms with Gasteiger partial charge < -0.3 is 4.90 Å². The fourth-order valence-corrected chi connectivity index (χ4v) is 3.32. The van der Waals surface area contributed by atoms with Crippen LogP contribution in [-0.4, -0.2) is 55.3 Å². The molecular weight excluding hydrogens is 238 g/mol. The summed E-state index contributed by atoms with van der Waals surface area (Å²) in [6.07, 6.45) is 2.98. The highest BCUT2D eigenvalue weighted by molar-refractivity contribution is 7.89. The van der Waals surface area contributed by atoms with Crippen LogP contribution in [0.25, 0.3) is 0 Å². The van der Waals surface area contributed by atoms with Gasteiger partial charge in [-0.05, 0) is 18.7 Å². The van der Waals surface area contributed by atoms with Crippen LogP contribution in [0.2, 0.25) is 0 Å². The van der Waals surface area contributed by atoms with Gasteiger partial charge in [0.25, 0.3) is 0 Å². The molecule has 0 atom stereocenters. The molecule has 1 fully saturated rings. The summed E-state index contributed by atoms with van der Waals surface area (Å²) in [6, 6.07) is 3.24. The largest absolute Gasteiger partial charge is 0.301 e. The molecule has 1 saturated heterocycles. The van der Waals surface area contributed by atoms with Gasteiger partial charge in [0, 0.05) is 38.6 Å². The van der Waals surface area contributed by atoms with Crippen LogP contribution in [0.5, 0.6) is 0 Å². The van der Waals surface area contributed by atoms with Crippen molar-refractivity contribution in [1.82, 2.24) is 14.2 Å². The highest BCUT2D eigenvalue weighted by atomic mass is 32.2. The SMILES string of the molecule is CCN1CCN(S(=O)(=O)c2cccnc2)CC1. The first-order chi connectivity index (χ1) is 8.14. The summed E-state index contributed by atoms with van der Waals surface area (Å²) in [4.78, 5) is 6.39. The zero-order valence-electron chi connectivity index (χ0n) is 9.91. The van der Waals surface area contributed by atoms with Crippen molar-refractivity contribution in [3.63, 3.8) is 0 Å². The summed E-state index contributed by atoms with van der Waals surface area (Å²) < 4.78 is 26.0. The van der Waals surface area contributed by atoms with Crippen molar-refractivity contribution in [2.24, 2.45) is 0 Å². The van der Waals surface area contributed by atoms with Crippen LogP contribution >= 0.6 is 0 Å². The third-order valence-corrected chi connectivity index (χ3v) is 4.93. The molecule has 2 heterocycles. The molecule has 0 unspecified atom stereocenters. The summed E-state index contributed by atoms with van der Waals surface area (Å²) in [6.45, 7) is 5.79. The standard InChI is InChI=1S/C11H17N3O2S/c1-2-13-6-8-14(9-7-13)17(15,16)11-4-3-5-12-10-11/h3-5,10H,2,6-9H2,1H3. The monoisotopic (exact) mass is 255 g/mol. The molecule has 0 saturated carbocycles. The van der Waals surface area contributed by atoms with E-state index in [1.54, 1.807) is 18.3 Å². The van der Waals surface area contributed by atoms with E-state index >= 15 is 0 Å². The summed E-state index contributed by atoms with van der Waals surface area (Å²) in [5.41, 5.74) is 0. The maximum Gasteiger partial charge on any atom is 0.244 e. The molecule has 0 bridgehead atoms. The van der Waals surface area contributed by atoms with Crippen molar-refractivity contribution in [1.29, 1.82) is 0 Å². The van der Waals surface area contributed by atoms with Crippen LogP contribution < -0.4 is 0 Å². The molecule has 2 rings (SSSR count). The molecule has 0 aromatic carbocycles. The minimum atomic E-state index is -3.35. The van der Waals surface area contributed by atoms with E-state index in [-0.39, 0.29) is 4.90 Å². The van der Waals surface area contributed by atoms with E-state index < -0.39 is 10.0 Å². The Morgan fingerprint density at radius 3 is 2.53 bits per heavy atom. The lowest BCUT2D eigenvalue weighted by molar-refractivity contribution is 0.196. The lowest BCUT2D eigenvalue weighted by Crippen LogP contribution is -2.48. The number of nitrogens with zero attached hydrogens (tertiary/aromatic N) is 3. The lowest BCUT2D eigenvalue weighted by atomic mass is 10.4. The Morgan fingerprint density at radius 2 is 2.00 bits per heavy atom. The molecule has 1 aromatic heterocycles. The third-order valence-electron chi connectivity index (χ3n) is 3.05. The first-order valence-corrected chi connectivity index (χ1v) is 7.21. The number of pyridine rings is 1. The maximum atomic E-state index is 12.2. The minimum Gasteiger partial charge on any atom is -0.301 e. The fourth-order valence-electron chi connectivity index (χ4n) is 1.93. The van der Waals surface area contributed by atoms with Gasteiger partial charge >= 0.3 is 0 Å². The number of sulfonamides is 1. The average molecular weight is 255 g/mol. The molecule has 0 aliphatic carbocycles. The number of hydrogen-bond donors (Lipinski definition) is 0. The van der Waals surface area contributed by atoms with Crippen LogP contribution in [0, 0.1) is 0 Å². The zero-order chi connectivity index (χ0) is 12.3. The lowest BCUT2D eigenvalue weighted by Gasteiger charge is -2.33. The van der Waals surface area contributed by atoms with Gasteiger partial charge in [0.05, 0.1) is 0 Å². The summed E-state index contributed by atoms with van der Waals surface area (Å²) in [7, 11) is -3.35. The smallest absolute Gasteiger partial charge is 0.244 e. The molecule has 1 aliphatic heterocycles. The van der Waals surface area contributed by atoms with Crippen LogP contribution in [-0.2, 0) is 10.0 Å². The molecule has 0 amide bonds. The number of aromatic nitrogens is 1. The number of likely N-dealkylation sites (N-methyl/N-ethyl adjacent to an activating group) is 1. The quantitative estimate of drug-likeness (QED) is 0.785. The van der Waals surface area contributed by atoms with Gasteiger partial charge in [0.2, 0.25) is 10.0 Å². The van der Waals surface area contributed by atoms with E-state index in [9.17, 15) is 8.42 Å². The maximum absolute atomic E-state index is 12.2. The Hall–Kier alpha value is -0.980. The van der Waals surface area contributed by atoms with Gasteiger partial charge in [-0.1, -0.05) is 6.92 Å². The molecule has 0 N–H and O–H groups in total. The molecule has 0 spiro atoms. The second-order valence-electron chi connectivity index (χ2n) is 4.03. The van der Waals surface area contributed by atoms with Gasteiger partial charge in [-0.25, -0.2) is 8.42 Å². The van der Waals surface area contributed by atoms with Crippen LogP contribution in [0.3, 0.4) is 0 Å². The first kappa shape index (κ1) is 12.5. The molecule has 17 heavy (non-hydrogen) atoms. The van der Waals surface area contributed by atoms with Gasteiger partial charge in [-0.15, -0.1) is 0 Å². The molecule has 1 aliphatic rings. The second-order valence-corrected chi connectivity index (χ2v) is 5.97. The molecule has 6 heteroatoms. The Bertz CT molecular complexity index is 453. The minimum absolute atomic E-state index is 0.282. The van der Waals surface area contributed by atoms with Gasteiger partial charge in [0.1, 0.15) is 4.90 Å². The van der Waals surface area contributed by atoms with Gasteiger partial charge in [0.15, 0.2) is 0 Å². The Morgan fingerprint density at radius 1 is 1.29 bits per heavy atom. The van der Waals surface area contributed by atoms with Gasteiger partial charge in [-0.2, -0.15) is 4.31 Å². The van der Waals surface area contributed by atoms with E-state index in [4.69, 9.17) is 0 Å². The van der Waals surface area contributed by atoms with E-state index in [0.717, 1.165) is 19.6 Å². The van der Waals surface area contributed by atoms with Crippen LogP contribution in [0.4, 0.5) is 0 Å². The van der Waals surface area contributed by atoms with Crippen LogP contribution in [0.15, 0.2) is 29.4 Å². The van der Waals surface area contributed by atoms with E-state index in [1.807, 2.05) is 0 Å². The number of rotatable bonds is 3. The second kappa shape index (κ2) is 5.12. The van der Waals surface area contributed by atoms with Crippen molar-refractivity contribution in [3.8, 4) is 0 Å². The highest BCUT2D eigenvalue weighted by Gasteiger charge is 2.27. The Labute approximate surface area is 102 Å². The number of hydrogen-bond acceptors (Lipinski definition) is 4. The van der Waals surface area contributed by atoms with Crippen molar-refractivity contribution in [3.05, 3.63) is 24.5 Å². The normalized spacial score (nSPS) is 19.4. The summed E-state index contributed by atoms with van der Waals surface area (Å²) in [5.74, 6) is 0. The average Bonchev–Trinajstić information content (AvgIpc) is 2.40. The zero-order valence-corrected chi connectivity index (χ0v) is 10.7. The fraction of sp³-hybridized carbons (Fsp3) is 0.545. The Kier molecular flexibility index (Phi) is 3.76. The highest BCUT2D eigenvalue weighted by Crippen LogP contribution is 2.16. The predicted molar refractivity (Wildman–Crippen MR) is 65.1 cm³/mol. The van der Waals surface area contributed by atoms with Crippen molar-refractivity contribution >= 4 is 10.0 Å². The van der Waals surface area contributed by atoms with E-state index in [0.29, 0.717) is 13.1 Å². The van der Waals surface area contributed by atoms with E-state index in [1.165, 1.54) is 10.5 Å². The molecule has 94 valence electrons. The molecule has 0 radical (unpaired) electrons. The first-order valence-electron chi connectivity index (χ1n) is 5.77. The summed E-state index contributed by atoms with van der Waals surface area (Å²) in [5, 5.41) is 0. The predicted octanol–water partition coefficient (Wildman–Crippen LogP) is 0.408. The third kappa shape index (κ3) is 2.65. The topological polar surface area (TPSA) is 53.5 Å². The number of piperazine rings is 1. The van der Waals surface area contributed by atoms with Crippen LogP contribution in [0.1, 0.15) is 6.92 Å². The molecule has 5 nitrogen and oxygen atoms in total. The van der Waals surface area contributed by atoms with Crippen molar-refractivity contribution in [2.45, 2.75) is 11.8 Å². The van der Waals surface area contributed by atoms with Gasteiger partial charge in [-0.3, -0.25) is 4.98 Å². The van der Waals surface area contributed by atoms with Crippen molar-refractivity contribution < 1.29 is 8.42 Å². The Balaban J connectivity index is 2.13. The summed E-state index contributed by atoms with van der Waals surface area (Å²) >= 11 is 0. The van der Waals surface area contributed by atoms with Crippen molar-refractivity contribution in [2.75, 3.05) is 32.7 Å². The van der Waals surface area contributed by atoms with E-state index in [2.05, 4.69) is 16.8 Å². The molecule has 1 aromatic rings.